The number of carbonyl (C=O) groups is 1. The fraction of sp³-hybridized carbons (Fsp3) is 0.588. The monoisotopic (exact) mass is 353 g/mol. The lowest BCUT2D eigenvalue weighted by Gasteiger charge is -2.34. The van der Waals surface area contributed by atoms with Gasteiger partial charge in [-0.25, -0.2) is 13.1 Å². The van der Waals surface area contributed by atoms with E-state index in [0.29, 0.717) is 25.9 Å². The number of piperazine rings is 1. The van der Waals surface area contributed by atoms with Crippen molar-refractivity contribution in [3.05, 3.63) is 35.9 Å². The average Bonchev–Trinajstić information content (AvgIpc) is 2.60. The van der Waals surface area contributed by atoms with Crippen molar-refractivity contribution < 1.29 is 13.2 Å². The number of benzene rings is 1. The van der Waals surface area contributed by atoms with Gasteiger partial charge in [0, 0.05) is 26.2 Å². The Morgan fingerprint density at radius 3 is 2.42 bits per heavy atom. The van der Waals surface area contributed by atoms with Gasteiger partial charge in [-0.05, 0) is 24.9 Å². The molecule has 1 aliphatic heterocycles. The molecular weight excluding hydrogens is 326 g/mol. The molecule has 7 heteroatoms. The highest BCUT2D eigenvalue weighted by Gasteiger charge is 2.21. The zero-order valence-electron chi connectivity index (χ0n) is 14.3. The van der Waals surface area contributed by atoms with Gasteiger partial charge < -0.3 is 9.80 Å². The summed E-state index contributed by atoms with van der Waals surface area (Å²) in [7, 11) is -3.41. The van der Waals surface area contributed by atoms with Crippen LogP contribution in [0.3, 0.4) is 0 Å². The lowest BCUT2D eigenvalue weighted by atomic mass is 10.1. The minimum absolute atomic E-state index is 0.0405. The van der Waals surface area contributed by atoms with E-state index in [1.165, 1.54) is 0 Å². The van der Waals surface area contributed by atoms with Crippen LogP contribution in [0.2, 0.25) is 0 Å². The SMILES string of the molecule is CCN1CCN(C(=O)CNS(=O)(=O)CCCc2ccccc2)CC1. The van der Waals surface area contributed by atoms with E-state index < -0.39 is 10.0 Å². The Balaban J connectivity index is 1.69. The van der Waals surface area contributed by atoms with Gasteiger partial charge in [-0.1, -0.05) is 37.3 Å². The zero-order valence-corrected chi connectivity index (χ0v) is 15.1. The van der Waals surface area contributed by atoms with E-state index in [-0.39, 0.29) is 18.2 Å². The largest absolute Gasteiger partial charge is 0.339 e. The fourth-order valence-electron chi connectivity index (χ4n) is 2.78. The van der Waals surface area contributed by atoms with Crippen LogP contribution < -0.4 is 4.72 Å². The van der Waals surface area contributed by atoms with Crippen LogP contribution in [0.1, 0.15) is 18.9 Å². The van der Waals surface area contributed by atoms with Crippen molar-refractivity contribution in [2.24, 2.45) is 0 Å². The molecule has 2 rings (SSSR count). The first-order valence-corrected chi connectivity index (χ1v) is 10.2. The molecule has 0 bridgehead atoms. The number of hydrogen-bond acceptors (Lipinski definition) is 4. The van der Waals surface area contributed by atoms with Crippen LogP contribution in [0.5, 0.6) is 0 Å². The molecule has 0 atom stereocenters. The molecule has 1 aliphatic rings. The first kappa shape index (κ1) is 18.9. The van der Waals surface area contributed by atoms with Crippen molar-refractivity contribution in [1.29, 1.82) is 0 Å². The molecule has 0 radical (unpaired) electrons. The van der Waals surface area contributed by atoms with Crippen LogP contribution in [0, 0.1) is 0 Å². The molecule has 134 valence electrons. The summed E-state index contributed by atoms with van der Waals surface area (Å²) in [5, 5.41) is 0. The van der Waals surface area contributed by atoms with Crippen molar-refractivity contribution >= 4 is 15.9 Å². The summed E-state index contributed by atoms with van der Waals surface area (Å²) < 4.78 is 26.5. The molecule has 24 heavy (non-hydrogen) atoms. The highest BCUT2D eigenvalue weighted by molar-refractivity contribution is 7.89. The maximum absolute atomic E-state index is 12.1. The Labute approximate surface area is 144 Å². The van der Waals surface area contributed by atoms with Gasteiger partial charge in [0.1, 0.15) is 0 Å². The molecule has 1 N–H and O–H groups in total. The van der Waals surface area contributed by atoms with E-state index in [4.69, 9.17) is 0 Å². The third-order valence-electron chi connectivity index (χ3n) is 4.34. The lowest BCUT2D eigenvalue weighted by molar-refractivity contribution is -0.131. The van der Waals surface area contributed by atoms with Gasteiger partial charge >= 0.3 is 0 Å². The van der Waals surface area contributed by atoms with Crippen molar-refractivity contribution in [3.63, 3.8) is 0 Å². The molecule has 1 saturated heterocycles. The maximum Gasteiger partial charge on any atom is 0.237 e. The molecule has 6 nitrogen and oxygen atoms in total. The number of sulfonamides is 1. The maximum atomic E-state index is 12.1. The van der Waals surface area contributed by atoms with E-state index >= 15 is 0 Å². The van der Waals surface area contributed by atoms with Crippen LogP contribution in [0.15, 0.2) is 30.3 Å². The van der Waals surface area contributed by atoms with E-state index in [1.807, 2.05) is 30.3 Å². The highest BCUT2D eigenvalue weighted by Crippen LogP contribution is 2.04. The summed E-state index contributed by atoms with van der Waals surface area (Å²) in [5.74, 6) is -0.101. The summed E-state index contributed by atoms with van der Waals surface area (Å²) >= 11 is 0. The summed E-state index contributed by atoms with van der Waals surface area (Å²) in [4.78, 5) is 16.1. The number of hydrogen-bond donors (Lipinski definition) is 1. The smallest absolute Gasteiger partial charge is 0.237 e. The lowest BCUT2D eigenvalue weighted by Crippen LogP contribution is -2.51. The molecule has 0 spiro atoms. The van der Waals surface area contributed by atoms with Crippen LogP contribution in [-0.4, -0.2) is 69.1 Å². The minimum atomic E-state index is -3.41. The molecule has 1 aromatic carbocycles. The van der Waals surface area contributed by atoms with Crippen LogP contribution in [0.4, 0.5) is 0 Å². The van der Waals surface area contributed by atoms with Gasteiger partial charge in [0.05, 0.1) is 12.3 Å². The molecule has 1 amide bonds. The van der Waals surface area contributed by atoms with E-state index in [1.54, 1.807) is 4.90 Å². The second kappa shape index (κ2) is 9.15. The highest BCUT2D eigenvalue weighted by atomic mass is 32.2. The van der Waals surface area contributed by atoms with Gasteiger partial charge in [-0.15, -0.1) is 0 Å². The first-order chi connectivity index (χ1) is 11.5. The quantitative estimate of drug-likeness (QED) is 0.747. The zero-order chi connectivity index (χ0) is 17.4. The van der Waals surface area contributed by atoms with Gasteiger partial charge in [0.2, 0.25) is 15.9 Å². The van der Waals surface area contributed by atoms with Crippen LogP contribution in [0.25, 0.3) is 0 Å². The van der Waals surface area contributed by atoms with Crippen LogP contribution >= 0.6 is 0 Å². The summed E-state index contributed by atoms with van der Waals surface area (Å²) in [6, 6.07) is 9.80. The average molecular weight is 353 g/mol. The number of amides is 1. The fourth-order valence-corrected chi connectivity index (χ4v) is 3.79. The number of nitrogens with one attached hydrogen (secondary N) is 1. The molecule has 0 saturated carbocycles. The van der Waals surface area contributed by atoms with Crippen molar-refractivity contribution in [2.45, 2.75) is 19.8 Å². The van der Waals surface area contributed by atoms with Crippen molar-refractivity contribution in [2.75, 3.05) is 45.0 Å². The van der Waals surface area contributed by atoms with E-state index in [9.17, 15) is 13.2 Å². The third-order valence-corrected chi connectivity index (χ3v) is 5.75. The molecule has 1 fully saturated rings. The molecule has 0 aliphatic carbocycles. The molecular formula is C17H27N3O3S. The molecule has 1 aromatic rings. The van der Waals surface area contributed by atoms with Gasteiger partial charge in [-0.2, -0.15) is 0 Å². The van der Waals surface area contributed by atoms with Crippen LogP contribution in [-0.2, 0) is 21.2 Å². The normalized spacial score (nSPS) is 16.3. The summed E-state index contributed by atoms with van der Waals surface area (Å²) in [6.07, 6.45) is 1.26. The first-order valence-electron chi connectivity index (χ1n) is 8.51. The van der Waals surface area contributed by atoms with Crippen molar-refractivity contribution in [1.82, 2.24) is 14.5 Å². The summed E-state index contributed by atoms with van der Waals surface area (Å²) in [6.45, 7) is 5.99. The van der Waals surface area contributed by atoms with Gasteiger partial charge in [0.15, 0.2) is 0 Å². The Morgan fingerprint density at radius 1 is 1.12 bits per heavy atom. The minimum Gasteiger partial charge on any atom is -0.339 e. The Hall–Kier alpha value is -1.44. The van der Waals surface area contributed by atoms with Crippen molar-refractivity contribution in [3.8, 4) is 0 Å². The van der Waals surface area contributed by atoms with Gasteiger partial charge in [0.25, 0.3) is 0 Å². The molecule has 0 unspecified atom stereocenters. The predicted octanol–water partition coefficient (Wildman–Crippen LogP) is 0.703. The molecule has 0 aromatic heterocycles. The Kier molecular flexibility index (Phi) is 7.20. The predicted molar refractivity (Wildman–Crippen MR) is 95.2 cm³/mol. The summed E-state index contributed by atoms with van der Waals surface area (Å²) in [5.41, 5.74) is 1.12. The van der Waals surface area contributed by atoms with Gasteiger partial charge in [-0.3, -0.25) is 4.79 Å². The standard InChI is InChI=1S/C17H27N3O3S/c1-2-19-10-12-20(13-11-19)17(21)15-18-24(22,23)14-6-9-16-7-4-3-5-8-16/h3-5,7-8,18H,2,6,9-15H2,1H3. The van der Waals surface area contributed by atoms with E-state index in [2.05, 4.69) is 16.5 Å². The second-order valence-corrected chi connectivity index (χ2v) is 7.97. The third kappa shape index (κ3) is 6.22. The number of aryl methyl sites for hydroxylation is 1. The number of rotatable bonds is 8. The Bertz CT molecular complexity index is 611. The second-order valence-electron chi connectivity index (χ2n) is 6.04. The number of carbonyl (C=O) groups excluding carboxylic acids is 1. The molecule has 1 heterocycles. The topological polar surface area (TPSA) is 69.7 Å². The van der Waals surface area contributed by atoms with E-state index in [0.717, 1.165) is 25.2 Å². The number of nitrogens with zero attached hydrogens (tertiary/aromatic N) is 2. The number of likely N-dealkylation sites (N-methyl/N-ethyl adjacent to an activating group) is 1. The Morgan fingerprint density at radius 2 is 1.79 bits per heavy atom.